The van der Waals surface area contributed by atoms with Crippen molar-refractivity contribution in [2.24, 2.45) is 0 Å². The first-order valence-corrected chi connectivity index (χ1v) is 5.81. The molecule has 1 saturated carbocycles. The van der Waals surface area contributed by atoms with E-state index in [9.17, 15) is 0 Å². The third kappa shape index (κ3) is 1.60. The molecular weight excluding hydrogens is 212 g/mol. The van der Waals surface area contributed by atoms with Crippen LogP contribution in [0.4, 0.5) is 0 Å². The summed E-state index contributed by atoms with van der Waals surface area (Å²) in [5.41, 5.74) is 2.42. The van der Waals surface area contributed by atoms with Gasteiger partial charge in [0, 0.05) is 5.92 Å². The molecule has 3 rings (SSSR count). The highest BCUT2D eigenvalue weighted by Gasteiger charge is 2.28. The van der Waals surface area contributed by atoms with Crippen molar-refractivity contribution in [2.45, 2.75) is 25.2 Å². The second kappa shape index (κ2) is 4.02. The van der Waals surface area contributed by atoms with Crippen molar-refractivity contribution in [3.05, 3.63) is 41.7 Å². The van der Waals surface area contributed by atoms with Crippen molar-refractivity contribution in [1.82, 2.24) is 15.0 Å². The molecule has 0 N–H and O–H groups in total. The molecule has 0 atom stereocenters. The molecule has 1 aromatic heterocycles. The van der Waals surface area contributed by atoms with Gasteiger partial charge in [-0.15, -0.1) is 5.10 Å². The smallest absolute Gasteiger partial charge is 0.186 e. The highest BCUT2D eigenvalue weighted by molar-refractivity contribution is 5.38. The highest BCUT2D eigenvalue weighted by Crippen LogP contribution is 2.38. The minimum atomic E-state index is 0.444. The third-order valence-electron chi connectivity index (χ3n) is 3.30. The maximum atomic E-state index is 9.08. The highest BCUT2D eigenvalue weighted by atomic mass is 15.4. The summed E-state index contributed by atoms with van der Waals surface area (Å²) in [5, 5.41) is 17.2. The van der Waals surface area contributed by atoms with Gasteiger partial charge < -0.3 is 0 Å². The molecule has 2 aromatic rings. The van der Waals surface area contributed by atoms with Crippen LogP contribution in [0.2, 0.25) is 0 Å². The summed E-state index contributed by atoms with van der Waals surface area (Å²) in [6.45, 7) is 0. The zero-order valence-corrected chi connectivity index (χ0v) is 9.37. The van der Waals surface area contributed by atoms with Crippen LogP contribution in [-0.2, 0) is 0 Å². The van der Waals surface area contributed by atoms with Gasteiger partial charge in [-0.1, -0.05) is 29.8 Å². The molecule has 0 radical (unpaired) electrons. The van der Waals surface area contributed by atoms with E-state index in [-0.39, 0.29) is 0 Å². The van der Waals surface area contributed by atoms with Gasteiger partial charge in [0.15, 0.2) is 5.69 Å². The Labute approximate surface area is 99.5 Å². The first kappa shape index (κ1) is 10.0. The van der Waals surface area contributed by atoms with Gasteiger partial charge in [0.05, 0.1) is 11.4 Å². The van der Waals surface area contributed by atoms with Gasteiger partial charge in [0.1, 0.15) is 6.07 Å². The summed E-state index contributed by atoms with van der Waals surface area (Å²) in [5.74, 6) is 0.444. The average Bonchev–Trinajstić information content (AvgIpc) is 2.72. The SMILES string of the molecule is N#Cc1nnn(-c2ccccc2)c1C1CCC1. The Morgan fingerprint density at radius 2 is 2.00 bits per heavy atom. The molecule has 84 valence electrons. The van der Waals surface area contributed by atoms with Gasteiger partial charge in [-0.25, -0.2) is 4.68 Å². The van der Waals surface area contributed by atoms with E-state index in [1.807, 2.05) is 35.0 Å². The molecule has 1 aliphatic carbocycles. The molecule has 4 nitrogen and oxygen atoms in total. The van der Waals surface area contributed by atoms with E-state index >= 15 is 0 Å². The minimum Gasteiger partial charge on any atom is -0.216 e. The van der Waals surface area contributed by atoms with Crippen LogP contribution >= 0.6 is 0 Å². The molecule has 17 heavy (non-hydrogen) atoms. The molecule has 0 spiro atoms. The lowest BCUT2D eigenvalue weighted by Crippen LogP contribution is -2.15. The molecule has 0 aliphatic heterocycles. The van der Waals surface area contributed by atoms with Crippen LogP contribution in [0.15, 0.2) is 30.3 Å². The van der Waals surface area contributed by atoms with E-state index in [0.29, 0.717) is 11.6 Å². The molecule has 0 amide bonds. The summed E-state index contributed by atoms with van der Waals surface area (Å²) in [7, 11) is 0. The van der Waals surface area contributed by atoms with Crippen LogP contribution in [-0.4, -0.2) is 15.0 Å². The van der Waals surface area contributed by atoms with Crippen LogP contribution in [0, 0.1) is 11.3 Å². The molecule has 0 saturated heterocycles. The Bertz CT molecular complexity index is 561. The van der Waals surface area contributed by atoms with E-state index in [1.165, 1.54) is 6.42 Å². The van der Waals surface area contributed by atoms with E-state index in [1.54, 1.807) is 0 Å². The number of benzene rings is 1. The van der Waals surface area contributed by atoms with Crippen molar-refractivity contribution in [3.63, 3.8) is 0 Å². The summed E-state index contributed by atoms with van der Waals surface area (Å²) in [6.07, 6.45) is 3.50. The van der Waals surface area contributed by atoms with Gasteiger partial charge in [0.2, 0.25) is 0 Å². The van der Waals surface area contributed by atoms with E-state index in [2.05, 4.69) is 16.4 Å². The molecule has 1 fully saturated rings. The standard InChI is InChI=1S/C13H12N4/c14-9-12-13(10-5-4-6-10)17(16-15-12)11-7-2-1-3-8-11/h1-3,7-8,10H,4-6H2. The van der Waals surface area contributed by atoms with Gasteiger partial charge in [-0.3, -0.25) is 0 Å². The van der Waals surface area contributed by atoms with Gasteiger partial charge >= 0.3 is 0 Å². The number of para-hydroxylation sites is 1. The lowest BCUT2D eigenvalue weighted by molar-refractivity contribution is 0.402. The fraction of sp³-hybridized carbons (Fsp3) is 0.308. The van der Waals surface area contributed by atoms with Gasteiger partial charge in [-0.2, -0.15) is 5.26 Å². The van der Waals surface area contributed by atoms with Crippen LogP contribution in [0.25, 0.3) is 5.69 Å². The number of aromatic nitrogens is 3. The van der Waals surface area contributed by atoms with Gasteiger partial charge in [0.25, 0.3) is 0 Å². The monoisotopic (exact) mass is 224 g/mol. The zero-order valence-electron chi connectivity index (χ0n) is 9.37. The van der Waals surface area contributed by atoms with E-state index < -0.39 is 0 Å². The Kier molecular flexibility index (Phi) is 2.37. The predicted molar refractivity (Wildman–Crippen MR) is 62.7 cm³/mol. The summed E-state index contributed by atoms with van der Waals surface area (Å²) in [6, 6.07) is 12.0. The first-order valence-electron chi connectivity index (χ1n) is 5.81. The third-order valence-corrected chi connectivity index (χ3v) is 3.30. The maximum absolute atomic E-state index is 9.08. The fourth-order valence-electron chi connectivity index (χ4n) is 2.18. The number of hydrogen-bond donors (Lipinski definition) is 0. The second-order valence-electron chi connectivity index (χ2n) is 4.31. The Balaban J connectivity index is 2.11. The molecular formula is C13H12N4. The van der Waals surface area contributed by atoms with E-state index in [0.717, 1.165) is 24.2 Å². The Morgan fingerprint density at radius 1 is 1.24 bits per heavy atom. The lowest BCUT2D eigenvalue weighted by Gasteiger charge is -2.25. The quantitative estimate of drug-likeness (QED) is 0.787. The normalized spacial score (nSPS) is 15.2. The number of nitrogens with zero attached hydrogens (tertiary/aromatic N) is 4. The molecule has 1 aromatic carbocycles. The van der Waals surface area contributed by atoms with Crippen molar-refractivity contribution in [3.8, 4) is 11.8 Å². The minimum absolute atomic E-state index is 0.444. The summed E-state index contributed by atoms with van der Waals surface area (Å²) >= 11 is 0. The zero-order chi connectivity index (χ0) is 11.7. The van der Waals surface area contributed by atoms with Crippen molar-refractivity contribution >= 4 is 0 Å². The van der Waals surface area contributed by atoms with Crippen molar-refractivity contribution < 1.29 is 0 Å². The van der Waals surface area contributed by atoms with Crippen molar-refractivity contribution in [1.29, 1.82) is 5.26 Å². The number of hydrogen-bond acceptors (Lipinski definition) is 3. The molecule has 4 heteroatoms. The Hall–Kier alpha value is -2.15. The molecule has 1 heterocycles. The summed E-state index contributed by atoms with van der Waals surface area (Å²) in [4.78, 5) is 0. The largest absolute Gasteiger partial charge is 0.216 e. The summed E-state index contributed by atoms with van der Waals surface area (Å²) < 4.78 is 1.81. The fourth-order valence-corrected chi connectivity index (χ4v) is 2.18. The van der Waals surface area contributed by atoms with Crippen LogP contribution < -0.4 is 0 Å². The average molecular weight is 224 g/mol. The lowest BCUT2D eigenvalue weighted by atomic mass is 9.82. The maximum Gasteiger partial charge on any atom is 0.186 e. The van der Waals surface area contributed by atoms with Crippen LogP contribution in [0.1, 0.15) is 36.6 Å². The van der Waals surface area contributed by atoms with Crippen LogP contribution in [0.3, 0.4) is 0 Å². The first-order chi connectivity index (χ1) is 8.40. The molecule has 1 aliphatic rings. The molecule has 0 bridgehead atoms. The number of nitriles is 1. The van der Waals surface area contributed by atoms with Crippen molar-refractivity contribution in [2.75, 3.05) is 0 Å². The Morgan fingerprint density at radius 3 is 2.59 bits per heavy atom. The van der Waals surface area contributed by atoms with Crippen LogP contribution in [0.5, 0.6) is 0 Å². The second-order valence-corrected chi connectivity index (χ2v) is 4.31. The number of rotatable bonds is 2. The topological polar surface area (TPSA) is 54.5 Å². The predicted octanol–water partition coefficient (Wildman–Crippen LogP) is 2.41. The molecule has 0 unspecified atom stereocenters. The van der Waals surface area contributed by atoms with Gasteiger partial charge in [-0.05, 0) is 25.0 Å². The van der Waals surface area contributed by atoms with E-state index in [4.69, 9.17) is 5.26 Å².